The molecule has 0 bridgehead atoms. The van der Waals surface area contributed by atoms with E-state index in [-0.39, 0.29) is 24.2 Å². The highest BCUT2D eigenvalue weighted by Gasteiger charge is 2.31. The summed E-state index contributed by atoms with van der Waals surface area (Å²) in [6.45, 7) is 1.05. The predicted molar refractivity (Wildman–Crippen MR) is 73.4 cm³/mol. The zero-order valence-electron chi connectivity index (χ0n) is 11.8. The van der Waals surface area contributed by atoms with Gasteiger partial charge in [0.25, 0.3) is 0 Å². The Morgan fingerprint density at radius 1 is 1.30 bits per heavy atom. The average molecular weight is 277 g/mol. The highest BCUT2D eigenvalue weighted by atomic mass is 16.5. The predicted octanol–water partition coefficient (Wildman–Crippen LogP) is 1.26. The molecule has 0 N–H and O–H groups in total. The maximum Gasteiger partial charge on any atom is 0.310 e. The second-order valence-corrected chi connectivity index (χ2v) is 4.84. The van der Waals surface area contributed by atoms with E-state index >= 15 is 0 Å². The molecule has 1 aliphatic heterocycles. The summed E-state index contributed by atoms with van der Waals surface area (Å²) in [6.07, 6.45) is 0.961. The fourth-order valence-electron chi connectivity index (χ4n) is 2.47. The van der Waals surface area contributed by atoms with Gasteiger partial charge in [-0.25, -0.2) is 0 Å². The van der Waals surface area contributed by atoms with E-state index in [1.54, 1.807) is 12.0 Å². The number of carbonyl (C=O) groups is 2. The maximum absolute atomic E-state index is 12.3. The summed E-state index contributed by atoms with van der Waals surface area (Å²) in [5.41, 5.74) is 0.863. The van der Waals surface area contributed by atoms with Gasteiger partial charge in [0.2, 0.25) is 5.91 Å². The number of methoxy groups -OCH3 is 2. The number of hydrogen-bond donors (Lipinski definition) is 0. The maximum atomic E-state index is 12.3. The van der Waals surface area contributed by atoms with E-state index in [4.69, 9.17) is 9.47 Å². The van der Waals surface area contributed by atoms with E-state index in [1.165, 1.54) is 7.11 Å². The SMILES string of the molecule is COC(=O)C1CCN(C(=O)Cc2ccccc2OC)C1. The van der Waals surface area contributed by atoms with Crippen molar-refractivity contribution in [2.24, 2.45) is 5.92 Å². The Kier molecular flexibility index (Phi) is 4.61. The fourth-order valence-corrected chi connectivity index (χ4v) is 2.47. The molecule has 5 heteroatoms. The normalized spacial score (nSPS) is 17.9. The minimum absolute atomic E-state index is 0.0147. The standard InChI is InChI=1S/C15H19NO4/c1-19-13-6-4-3-5-11(13)9-14(17)16-8-7-12(10-16)15(18)20-2/h3-6,12H,7-10H2,1-2H3. The Labute approximate surface area is 118 Å². The van der Waals surface area contributed by atoms with Gasteiger partial charge in [-0.15, -0.1) is 0 Å². The van der Waals surface area contributed by atoms with E-state index in [9.17, 15) is 9.59 Å². The first-order chi connectivity index (χ1) is 9.65. The topological polar surface area (TPSA) is 55.8 Å². The van der Waals surface area contributed by atoms with E-state index in [1.807, 2.05) is 24.3 Å². The number of nitrogens with zero attached hydrogens (tertiary/aromatic N) is 1. The molecule has 20 heavy (non-hydrogen) atoms. The Morgan fingerprint density at radius 3 is 2.75 bits per heavy atom. The molecule has 108 valence electrons. The number of amides is 1. The molecule has 1 atom stereocenters. The third kappa shape index (κ3) is 3.10. The molecule has 0 radical (unpaired) electrons. The monoisotopic (exact) mass is 277 g/mol. The van der Waals surface area contributed by atoms with E-state index < -0.39 is 0 Å². The Balaban J connectivity index is 1.98. The van der Waals surface area contributed by atoms with Gasteiger partial charge in [0.05, 0.1) is 26.6 Å². The molecule has 1 aromatic carbocycles. The summed E-state index contributed by atoms with van der Waals surface area (Å²) in [5, 5.41) is 0. The van der Waals surface area contributed by atoms with Gasteiger partial charge in [0.1, 0.15) is 5.75 Å². The van der Waals surface area contributed by atoms with E-state index in [2.05, 4.69) is 0 Å². The summed E-state index contributed by atoms with van der Waals surface area (Å²) < 4.78 is 9.96. The lowest BCUT2D eigenvalue weighted by atomic mass is 10.1. The second-order valence-electron chi connectivity index (χ2n) is 4.84. The minimum atomic E-state index is -0.238. The summed E-state index contributed by atoms with van der Waals surface area (Å²) >= 11 is 0. The average Bonchev–Trinajstić information content (AvgIpc) is 2.97. The van der Waals surface area contributed by atoms with Crippen LogP contribution in [0.5, 0.6) is 5.75 Å². The van der Waals surface area contributed by atoms with Crippen molar-refractivity contribution in [3.63, 3.8) is 0 Å². The van der Waals surface area contributed by atoms with Gasteiger partial charge in [0.15, 0.2) is 0 Å². The van der Waals surface area contributed by atoms with E-state index in [0.717, 1.165) is 5.56 Å². The molecule has 1 unspecified atom stereocenters. The fraction of sp³-hybridized carbons (Fsp3) is 0.467. The second kappa shape index (κ2) is 6.41. The van der Waals surface area contributed by atoms with Crippen LogP contribution in [0.3, 0.4) is 0 Å². The highest BCUT2D eigenvalue weighted by molar-refractivity contribution is 5.81. The van der Waals surface area contributed by atoms with Crippen LogP contribution in [0, 0.1) is 5.92 Å². The summed E-state index contributed by atoms with van der Waals surface area (Å²) in [7, 11) is 2.97. The first-order valence-corrected chi connectivity index (χ1v) is 6.63. The van der Waals surface area contributed by atoms with Crippen molar-refractivity contribution in [3.05, 3.63) is 29.8 Å². The van der Waals surface area contributed by atoms with Crippen LogP contribution in [0.4, 0.5) is 0 Å². The van der Waals surface area contributed by atoms with Crippen molar-refractivity contribution in [3.8, 4) is 5.75 Å². The van der Waals surface area contributed by atoms with Crippen LogP contribution in [0.2, 0.25) is 0 Å². The molecule has 0 aromatic heterocycles. The third-order valence-corrected chi connectivity index (χ3v) is 3.61. The minimum Gasteiger partial charge on any atom is -0.496 e. The molecular formula is C15H19NO4. The lowest BCUT2D eigenvalue weighted by Crippen LogP contribution is -2.31. The van der Waals surface area contributed by atoms with Crippen molar-refractivity contribution in [1.82, 2.24) is 4.90 Å². The van der Waals surface area contributed by atoms with E-state index in [0.29, 0.717) is 25.3 Å². The summed E-state index contributed by atoms with van der Waals surface area (Å²) in [5.74, 6) is 0.296. The lowest BCUT2D eigenvalue weighted by Gasteiger charge is -2.17. The van der Waals surface area contributed by atoms with Gasteiger partial charge in [-0.05, 0) is 12.5 Å². The van der Waals surface area contributed by atoms with Crippen LogP contribution < -0.4 is 4.74 Å². The van der Waals surface area contributed by atoms with Crippen LogP contribution in [0.1, 0.15) is 12.0 Å². The zero-order chi connectivity index (χ0) is 14.5. The smallest absolute Gasteiger partial charge is 0.310 e. The van der Waals surface area contributed by atoms with Crippen molar-refractivity contribution < 1.29 is 19.1 Å². The number of rotatable bonds is 4. The van der Waals surface area contributed by atoms with Gasteiger partial charge in [0, 0.05) is 18.7 Å². The molecular weight excluding hydrogens is 258 g/mol. The van der Waals surface area contributed by atoms with Crippen LogP contribution in [-0.4, -0.2) is 44.1 Å². The molecule has 0 saturated carbocycles. The Bertz CT molecular complexity index is 500. The number of esters is 1. The first-order valence-electron chi connectivity index (χ1n) is 6.63. The van der Waals surface area contributed by atoms with Crippen molar-refractivity contribution in [2.45, 2.75) is 12.8 Å². The van der Waals surface area contributed by atoms with Gasteiger partial charge in [-0.2, -0.15) is 0 Å². The molecule has 1 fully saturated rings. The zero-order valence-corrected chi connectivity index (χ0v) is 11.8. The number of benzene rings is 1. The van der Waals surface area contributed by atoms with Crippen LogP contribution >= 0.6 is 0 Å². The molecule has 0 aliphatic carbocycles. The quantitative estimate of drug-likeness (QED) is 0.777. The molecule has 1 aromatic rings. The first kappa shape index (κ1) is 14.4. The Hall–Kier alpha value is -2.04. The lowest BCUT2D eigenvalue weighted by molar-refractivity contribution is -0.145. The number of carbonyl (C=O) groups excluding carboxylic acids is 2. The molecule has 1 heterocycles. The highest BCUT2D eigenvalue weighted by Crippen LogP contribution is 2.22. The van der Waals surface area contributed by atoms with Gasteiger partial charge in [-0.3, -0.25) is 9.59 Å². The molecule has 1 amide bonds. The molecule has 5 nitrogen and oxygen atoms in total. The largest absolute Gasteiger partial charge is 0.496 e. The number of hydrogen-bond acceptors (Lipinski definition) is 4. The van der Waals surface area contributed by atoms with Crippen LogP contribution in [-0.2, 0) is 20.7 Å². The summed E-state index contributed by atoms with van der Waals surface area (Å²) in [6, 6.07) is 7.47. The van der Waals surface area contributed by atoms with Crippen molar-refractivity contribution in [1.29, 1.82) is 0 Å². The third-order valence-electron chi connectivity index (χ3n) is 3.61. The van der Waals surface area contributed by atoms with Crippen LogP contribution in [0.25, 0.3) is 0 Å². The van der Waals surface area contributed by atoms with Gasteiger partial charge < -0.3 is 14.4 Å². The molecule has 0 spiro atoms. The molecule has 1 saturated heterocycles. The van der Waals surface area contributed by atoms with Gasteiger partial charge in [-0.1, -0.05) is 18.2 Å². The summed E-state index contributed by atoms with van der Waals surface area (Å²) in [4.78, 5) is 25.4. The molecule has 2 rings (SSSR count). The van der Waals surface area contributed by atoms with Crippen LogP contribution in [0.15, 0.2) is 24.3 Å². The van der Waals surface area contributed by atoms with Gasteiger partial charge >= 0.3 is 5.97 Å². The number of likely N-dealkylation sites (tertiary alicyclic amines) is 1. The van der Waals surface area contributed by atoms with Crippen molar-refractivity contribution in [2.75, 3.05) is 27.3 Å². The Morgan fingerprint density at radius 2 is 2.05 bits per heavy atom. The number of para-hydroxylation sites is 1. The number of ether oxygens (including phenoxy) is 2. The molecule has 1 aliphatic rings. The van der Waals surface area contributed by atoms with Crippen molar-refractivity contribution >= 4 is 11.9 Å².